The van der Waals surface area contributed by atoms with Gasteiger partial charge in [-0.3, -0.25) is 0 Å². The minimum Gasteiger partial charge on any atom is -0.393 e. The fourth-order valence-electron chi connectivity index (χ4n) is 7.71. The molecular formula is C32H48F6O3. The van der Waals surface area contributed by atoms with Gasteiger partial charge in [0, 0.05) is 0 Å². The zero-order valence-corrected chi connectivity index (χ0v) is 24.6. The minimum atomic E-state index is -5.88. The second kappa shape index (κ2) is 13.1. The molecule has 0 heterocycles. The van der Waals surface area contributed by atoms with E-state index in [9.17, 15) is 41.7 Å². The molecule has 0 aromatic heterocycles. The number of aliphatic hydroxyl groups excluding tert-OH is 1. The molecule has 3 rings (SSSR count). The Kier molecular flexibility index (Phi) is 10.9. The Morgan fingerprint density at radius 2 is 1.61 bits per heavy atom. The van der Waals surface area contributed by atoms with Crippen molar-refractivity contribution < 1.29 is 41.7 Å². The van der Waals surface area contributed by atoms with E-state index in [4.69, 9.17) is 0 Å². The van der Waals surface area contributed by atoms with Crippen molar-refractivity contribution in [2.45, 2.75) is 140 Å². The van der Waals surface area contributed by atoms with E-state index in [1.165, 1.54) is 11.1 Å². The zero-order chi connectivity index (χ0) is 30.7. The van der Waals surface area contributed by atoms with Crippen LogP contribution in [0.15, 0.2) is 35.5 Å². The lowest BCUT2D eigenvalue weighted by molar-refractivity contribution is -0.347. The lowest BCUT2D eigenvalue weighted by Crippen LogP contribution is -2.55. The number of hydrogen-bond acceptors (Lipinski definition) is 3. The average molecular weight is 595 g/mol. The van der Waals surface area contributed by atoms with E-state index in [-0.39, 0.29) is 41.8 Å². The number of fused-ring (bicyclic) bond motifs is 1. The van der Waals surface area contributed by atoms with Crippen LogP contribution in [0.3, 0.4) is 0 Å². The van der Waals surface area contributed by atoms with Crippen LogP contribution in [0.5, 0.6) is 0 Å². The third kappa shape index (κ3) is 8.41. The number of allylic oxidation sites excluding steroid dienone is 4. The van der Waals surface area contributed by atoms with Crippen LogP contribution in [0.2, 0.25) is 0 Å². The predicted molar refractivity (Wildman–Crippen MR) is 148 cm³/mol. The van der Waals surface area contributed by atoms with Gasteiger partial charge in [-0.05, 0) is 120 Å². The van der Waals surface area contributed by atoms with Crippen molar-refractivity contribution in [2.75, 3.05) is 0 Å². The molecule has 41 heavy (non-hydrogen) atoms. The van der Waals surface area contributed by atoms with E-state index >= 15 is 0 Å². The second-order valence-corrected chi connectivity index (χ2v) is 13.6. The molecule has 5 unspecified atom stereocenters. The fraction of sp³-hybridized carbons (Fsp3) is 0.812. The Bertz CT molecular complexity index is 944. The van der Waals surface area contributed by atoms with Crippen molar-refractivity contribution >= 4 is 0 Å². The molecule has 3 aliphatic carbocycles. The molecule has 0 spiro atoms. The van der Waals surface area contributed by atoms with Crippen LogP contribution in [0, 0.1) is 23.2 Å². The highest BCUT2D eigenvalue weighted by molar-refractivity contribution is 5.26. The van der Waals surface area contributed by atoms with Gasteiger partial charge in [0.25, 0.3) is 5.60 Å². The van der Waals surface area contributed by atoms with Gasteiger partial charge >= 0.3 is 12.4 Å². The number of rotatable bonds is 9. The van der Waals surface area contributed by atoms with Crippen LogP contribution in [-0.4, -0.2) is 45.0 Å². The van der Waals surface area contributed by atoms with Crippen molar-refractivity contribution in [1.29, 1.82) is 0 Å². The maximum atomic E-state index is 13.3. The molecule has 3 N–H and O–H groups in total. The van der Waals surface area contributed by atoms with Crippen molar-refractivity contribution in [2.24, 2.45) is 23.2 Å². The standard InChI is InChI=1S/C32H48F6O3/c1-28(2,40)18-6-10-23(12-8-20-30(41,31(33,34)35)32(36,37)38)26-16-17-27-24(11-7-19-29(26,27)3)15-14-22-9-4-5-13-25(39)21-22/h8,14-15,20,23,25-27,39-41H,4-7,9-13,16-19,21H2,1-3H3/b20-8-,22-14-,24-15+. The number of alkyl halides is 6. The van der Waals surface area contributed by atoms with E-state index in [2.05, 4.69) is 19.1 Å². The first kappa shape index (κ1) is 34.2. The fourth-order valence-corrected chi connectivity index (χ4v) is 7.71. The average Bonchev–Trinajstić information content (AvgIpc) is 3.04. The first-order valence-electron chi connectivity index (χ1n) is 15.2. The largest absolute Gasteiger partial charge is 0.429 e. The van der Waals surface area contributed by atoms with Crippen LogP contribution in [0.4, 0.5) is 26.3 Å². The first-order chi connectivity index (χ1) is 18.9. The van der Waals surface area contributed by atoms with Gasteiger partial charge in [-0.2, -0.15) is 26.3 Å². The van der Waals surface area contributed by atoms with Crippen molar-refractivity contribution in [1.82, 2.24) is 0 Å². The third-order valence-electron chi connectivity index (χ3n) is 9.95. The summed E-state index contributed by atoms with van der Waals surface area (Å²) >= 11 is 0. The molecule has 5 atom stereocenters. The molecule has 0 saturated heterocycles. The third-order valence-corrected chi connectivity index (χ3v) is 9.95. The molecule has 0 aromatic carbocycles. The van der Waals surface area contributed by atoms with Gasteiger partial charge in [0.1, 0.15) is 0 Å². The monoisotopic (exact) mass is 594 g/mol. The number of aliphatic hydroxyl groups is 3. The van der Waals surface area contributed by atoms with Crippen LogP contribution >= 0.6 is 0 Å². The zero-order valence-electron chi connectivity index (χ0n) is 24.6. The number of halogens is 6. The summed E-state index contributed by atoms with van der Waals surface area (Å²) in [5, 5.41) is 30.0. The summed E-state index contributed by atoms with van der Waals surface area (Å²) in [6, 6.07) is 0. The summed E-state index contributed by atoms with van der Waals surface area (Å²) < 4.78 is 79.6. The molecule has 3 saturated carbocycles. The maximum absolute atomic E-state index is 13.3. The Morgan fingerprint density at radius 3 is 2.24 bits per heavy atom. The minimum absolute atomic E-state index is 0.00566. The summed E-state index contributed by atoms with van der Waals surface area (Å²) in [5.74, 6) is 0.209. The normalized spacial score (nSPS) is 31.6. The van der Waals surface area contributed by atoms with E-state index in [1.54, 1.807) is 13.8 Å². The topological polar surface area (TPSA) is 60.7 Å². The van der Waals surface area contributed by atoms with E-state index in [1.807, 2.05) is 0 Å². The highest BCUT2D eigenvalue weighted by Crippen LogP contribution is 2.60. The summed E-state index contributed by atoms with van der Waals surface area (Å²) in [6.45, 7) is 5.59. The lowest BCUT2D eigenvalue weighted by atomic mass is 9.60. The van der Waals surface area contributed by atoms with Crippen LogP contribution in [0.1, 0.15) is 111 Å². The first-order valence-corrected chi connectivity index (χ1v) is 15.2. The Balaban J connectivity index is 1.85. The van der Waals surface area contributed by atoms with Crippen LogP contribution in [-0.2, 0) is 0 Å². The van der Waals surface area contributed by atoms with Crippen molar-refractivity contribution in [3.05, 3.63) is 35.5 Å². The molecule has 3 nitrogen and oxygen atoms in total. The maximum Gasteiger partial charge on any atom is 0.429 e. The second-order valence-electron chi connectivity index (χ2n) is 13.6. The van der Waals surface area contributed by atoms with E-state index in [0.717, 1.165) is 63.9 Å². The highest BCUT2D eigenvalue weighted by Gasteiger charge is 2.69. The Labute approximate surface area is 240 Å². The van der Waals surface area contributed by atoms with Crippen molar-refractivity contribution in [3.8, 4) is 0 Å². The number of hydrogen-bond donors (Lipinski definition) is 3. The van der Waals surface area contributed by atoms with E-state index in [0.29, 0.717) is 25.7 Å². The quantitative estimate of drug-likeness (QED) is 0.142. The molecule has 3 aliphatic rings. The molecule has 0 aromatic rings. The lowest BCUT2D eigenvalue weighted by Gasteiger charge is -2.45. The SMILES string of the molecule is CC(C)(O)CCCC(C/C=C\C(O)(C(F)(F)F)C(F)(F)F)C1CCC2/C(=C/C=C3/CCCCC(O)C3)CCCC21C. The molecule has 236 valence electrons. The molecule has 0 amide bonds. The predicted octanol–water partition coefficient (Wildman–Crippen LogP) is 8.74. The van der Waals surface area contributed by atoms with E-state index < -0.39 is 23.6 Å². The summed E-state index contributed by atoms with van der Waals surface area (Å²) in [5.41, 5.74) is -3.35. The summed E-state index contributed by atoms with van der Waals surface area (Å²) in [4.78, 5) is 0. The molecule has 3 fully saturated rings. The summed E-state index contributed by atoms with van der Waals surface area (Å²) in [6.07, 6.45) is 3.88. The Hall–Kier alpha value is -1.32. The summed E-state index contributed by atoms with van der Waals surface area (Å²) in [7, 11) is 0. The highest BCUT2D eigenvalue weighted by atomic mass is 19.4. The Morgan fingerprint density at radius 1 is 0.927 bits per heavy atom. The smallest absolute Gasteiger partial charge is 0.393 e. The van der Waals surface area contributed by atoms with Gasteiger partial charge in [0.2, 0.25) is 0 Å². The van der Waals surface area contributed by atoms with Gasteiger partial charge in [-0.15, -0.1) is 0 Å². The molecular weight excluding hydrogens is 546 g/mol. The van der Waals surface area contributed by atoms with Gasteiger partial charge in [0.15, 0.2) is 0 Å². The van der Waals surface area contributed by atoms with Crippen LogP contribution < -0.4 is 0 Å². The van der Waals surface area contributed by atoms with Gasteiger partial charge in [-0.1, -0.05) is 49.1 Å². The van der Waals surface area contributed by atoms with Gasteiger partial charge in [0.05, 0.1) is 11.7 Å². The molecule has 0 aliphatic heterocycles. The molecule has 9 heteroatoms. The van der Waals surface area contributed by atoms with Gasteiger partial charge in [-0.25, -0.2) is 0 Å². The molecule has 0 bridgehead atoms. The molecule has 0 radical (unpaired) electrons. The van der Waals surface area contributed by atoms with Gasteiger partial charge < -0.3 is 15.3 Å². The van der Waals surface area contributed by atoms with Crippen LogP contribution in [0.25, 0.3) is 0 Å². The van der Waals surface area contributed by atoms with Crippen molar-refractivity contribution in [3.63, 3.8) is 0 Å².